The molecular weight excluding hydrogens is 398 g/mol. The Labute approximate surface area is 178 Å². The molecule has 0 fully saturated rings. The number of nitrogens with zero attached hydrogens (tertiary/aromatic N) is 2. The maximum Gasteiger partial charge on any atom is 0.331 e. The van der Waals surface area contributed by atoms with E-state index in [0.717, 1.165) is 15.7 Å². The van der Waals surface area contributed by atoms with Gasteiger partial charge >= 0.3 is 11.7 Å². The molecule has 0 saturated heterocycles. The van der Waals surface area contributed by atoms with Gasteiger partial charge < -0.3 is 10.1 Å². The van der Waals surface area contributed by atoms with Gasteiger partial charge in [0, 0.05) is 12.3 Å². The second-order valence-corrected chi connectivity index (χ2v) is 7.00. The van der Waals surface area contributed by atoms with Gasteiger partial charge in [-0.2, -0.15) is 0 Å². The normalized spacial score (nSPS) is 11.5. The summed E-state index contributed by atoms with van der Waals surface area (Å²) in [6.45, 7) is 0.993. The lowest BCUT2D eigenvalue weighted by Crippen LogP contribution is -2.41. The van der Waals surface area contributed by atoms with Crippen LogP contribution in [0.4, 0.5) is 0 Å². The van der Waals surface area contributed by atoms with Crippen molar-refractivity contribution in [1.82, 2.24) is 14.5 Å². The van der Waals surface area contributed by atoms with E-state index < -0.39 is 36.3 Å². The predicted octanol–water partition coefficient (Wildman–Crippen LogP) is 1.48. The fourth-order valence-electron chi connectivity index (χ4n) is 3.03. The highest BCUT2D eigenvalue weighted by Crippen LogP contribution is 2.10. The molecule has 0 radical (unpaired) electrons. The molecule has 1 atom stereocenters. The predicted molar refractivity (Wildman–Crippen MR) is 114 cm³/mol. The summed E-state index contributed by atoms with van der Waals surface area (Å²) in [5.74, 6) is -1.33. The van der Waals surface area contributed by atoms with E-state index in [2.05, 4.69) is 5.32 Å². The highest BCUT2D eigenvalue weighted by Gasteiger charge is 2.14. The minimum atomic E-state index is -0.848. The second kappa shape index (κ2) is 10.2. The van der Waals surface area contributed by atoms with Crippen LogP contribution >= 0.6 is 0 Å². The monoisotopic (exact) mass is 421 g/mol. The molecule has 1 amide bonds. The van der Waals surface area contributed by atoms with Crippen LogP contribution in [0.1, 0.15) is 24.1 Å². The SMILES string of the molecule is C[C@@H](NC(=O)COC(=O)Cn1c(=O)ccn(Cc2ccccc2)c1=O)c1ccccc1. The zero-order valence-electron chi connectivity index (χ0n) is 17.1. The number of carbonyl (C=O) groups excluding carboxylic acids is 2. The molecule has 1 aromatic heterocycles. The molecule has 1 N–H and O–H groups in total. The third kappa shape index (κ3) is 6.02. The number of hydrogen-bond acceptors (Lipinski definition) is 5. The summed E-state index contributed by atoms with van der Waals surface area (Å²) in [7, 11) is 0. The molecule has 0 bridgehead atoms. The Balaban J connectivity index is 1.58. The van der Waals surface area contributed by atoms with Crippen molar-refractivity contribution >= 4 is 11.9 Å². The average molecular weight is 421 g/mol. The third-order valence-corrected chi connectivity index (χ3v) is 4.66. The summed E-state index contributed by atoms with van der Waals surface area (Å²) >= 11 is 0. The zero-order chi connectivity index (χ0) is 22.2. The standard InChI is InChI=1S/C23H23N3O5/c1-17(19-10-6-3-7-11-19)24-20(27)16-31-22(29)15-26-21(28)12-13-25(23(26)30)14-18-8-4-2-5-9-18/h2-13,17H,14-16H2,1H3,(H,24,27)/t17-/m1/s1. The van der Waals surface area contributed by atoms with Gasteiger partial charge in [-0.15, -0.1) is 0 Å². The number of hydrogen-bond donors (Lipinski definition) is 1. The van der Waals surface area contributed by atoms with Gasteiger partial charge in [0.05, 0.1) is 12.6 Å². The summed E-state index contributed by atoms with van der Waals surface area (Å²) in [5.41, 5.74) is 0.544. The first-order valence-electron chi connectivity index (χ1n) is 9.78. The lowest BCUT2D eigenvalue weighted by atomic mass is 10.1. The van der Waals surface area contributed by atoms with Gasteiger partial charge in [-0.3, -0.25) is 19.0 Å². The Morgan fingerprint density at radius 1 is 0.968 bits per heavy atom. The van der Waals surface area contributed by atoms with Crippen molar-refractivity contribution in [2.75, 3.05) is 6.61 Å². The Hall–Kier alpha value is -3.94. The van der Waals surface area contributed by atoms with Gasteiger partial charge in [-0.1, -0.05) is 60.7 Å². The lowest BCUT2D eigenvalue weighted by Gasteiger charge is -2.14. The molecule has 1 heterocycles. The molecular formula is C23H23N3O5. The molecule has 0 spiro atoms. The Kier molecular flexibility index (Phi) is 7.16. The van der Waals surface area contributed by atoms with Crippen molar-refractivity contribution in [3.63, 3.8) is 0 Å². The highest BCUT2D eigenvalue weighted by molar-refractivity contribution is 5.80. The fourth-order valence-corrected chi connectivity index (χ4v) is 3.03. The lowest BCUT2D eigenvalue weighted by molar-refractivity contribution is -0.149. The minimum absolute atomic E-state index is 0.255. The van der Waals surface area contributed by atoms with E-state index in [0.29, 0.717) is 0 Å². The number of benzene rings is 2. The van der Waals surface area contributed by atoms with E-state index in [-0.39, 0.29) is 12.6 Å². The van der Waals surface area contributed by atoms with Crippen LogP contribution in [-0.4, -0.2) is 27.6 Å². The van der Waals surface area contributed by atoms with E-state index >= 15 is 0 Å². The first-order valence-corrected chi connectivity index (χ1v) is 9.78. The first-order chi connectivity index (χ1) is 14.9. The van der Waals surface area contributed by atoms with E-state index in [1.54, 1.807) is 0 Å². The number of ether oxygens (including phenoxy) is 1. The molecule has 160 valence electrons. The van der Waals surface area contributed by atoms with Gasteiger partial charge in [-0.05, 0) is 18.1 Å². The summed E-state index contributed by atoms with van der Waals surface area (Å²) in [4.78, 5) is 48.9. The fraction of sp³-hybridized carbons (Fsp3) is 0.217. The van der Waals surface area contributed by atoms with Crippen LogP contribution in [-0.2, 0) is 27.4 Å². The minimum Gasteiger partial charge on any atom is -0.454 e. The molecule has 0 saturated carbocycles. The number of aromatic nitrogens is 2. The van der Waals surface area contributed by atoms with Crippen LogP contribution in [0, 0.1) is 0 Å². The van der Waals surface area contributed by atoms with Crippen molar-refractivity contribution in [3.05, 3.63) is 105 Å². The van der Waals surface area contributed by atoms with E-state index in [1.807, 2.05) is 67.6 Å². The highest BCUT2D eigenvalue weighted by atomic mass is 16.5. The molecule has 31 heavy (non-hydrogen) atoms. The molecule has 0 aliphatic heterocycles. The Morgan fingerprint density at radius 3 is 2.29 bits per heavy atom. The second-order valence-electron chi connectivity index (χ2n) is 7.00. The number of nitrogens with one attached hydrogen (secondary N) is 1. The summed E-state index contributed by atoms with van der Waals surface area (Å²) in [6.07, 6.45) is 1.39. The van der Waals surface area contributed by atoms with Gasteiger partial charge in [0.15, 0.2) is 6.61 Å². The first kappa shape index (κ1) is 21.8. The molecule has 0 aliphatic rings. The molecule has 3 rings (SSSR count). The Morgan fingerprint density at radius 2 is 1.61 bits per heavy atom. The van der Waals surface area contributed by atoms with Crippen LogP contribution in [0.15, 0.2) is 82.5 Å². The Bertz CT molecular complexity index is 1150. The van der Waals surface area contributed by atoms with E-state index in [1.165, 1.54) is 16.8 Å². The number of esters is 1. The molecule has 8 heteroatoms. The topological polar surface area (TPSA) is 99.4 Å². The van der Waals surface area contributed by atoms with Crippen molar-refractivity contribution < 1.29 is 14.3 Å². The van der Waals surface area contributed by atoms with Gasteiger partial charge in [0.25, 0.3) is 11.5 Å². The van der Waals surface area contributed by atoms with Crippen molar-refractivity contribution in [2.24, 2.45) is 0 Å². The third-order valence-electron chi connectivity index (χ3n) is 4.66. The van der Waals surface area contributed by atoms with Crippen LogP contribution in [0.5, 0.6) is 0 Å². The molecule has 3 aromatic rings. The number of rotatable bonds is 8. The number of amides is 1. The molecule has 0 aliphatic carbocycles. The van der Waals surface area contributed by atoms with Crippen LogP contribution in [0.25, 0.3) is 0 Å². The molecule has 8 nitrogen and oxygen atoms in total. The van der Waals surface area contributed by atoms with Crippen molar-refractivity contribution in [2.45, 2.75) is 26.1 Å². The molecule has 2 aromatic carbocycles. The smallest absolute Gasteiger partial charge is 0.331 e. The maximum absolute atomic E-state index is 12.6. The van der Waals surface area contributed by atoms with Gasteiger partial charge in [0.2, 0.25) is 0 Å². The van der Waals surface area contributed by atoms with E-state index in [9.17, 15) is 19.2 Å². The quantitative estimate of drug-likeness (QED) is 0.556. The van der Waals surface area contributed by atoms with E-state index in [4.69, 9.17) is 4.74 Å². The largest absolute Gasteiger partial charge is 0.454 e. The van der Waals surface area contributed by atoms with Gasteiger partial charge in [0.1, 0.15) is 6.54 Å². The summed E-state index contributed by atoms with van der Waals surface area (Å²) < 4.78 is 7.07. The van der Waals surface area contributed by atoms with Crippen LogP contribution in [0.3, 0.4) is 0 Å². The van der Waals surface area contributed by atoms with Crippen LogP contribution in [0.2, 0.25) is 0 Å². The van der Waals surface area contributed by atoms with Gasteiger partial charge in [-0.25, -0.2) is 9.36 Å². The zero-order valence-corrected chi connectivity index (χ0v) is 17.1. The van der Waals surface area contributed by atoms with Crippen LogP contribution < -0.4 is 16.6 Å². The van der Waals surface area contributed by atoms with Crippen molar-refractivity contribution in [1.29, 1.82) is 0 Å². The average Bonchev–Trinajstić information content (AvgIpc) is 2.78. The molecule has 0 unspecified atom stereocenters. The summed E-state index contributed by atoms with van der Waals surface area (Å²) in [6, 6.07) is 19.6. The number of carbonyl (C=O) groups is 2. The van der Waals surface area contributed by atoms with Crippen molar-refractivity contribution in [3.8, 4) is 0 Å². The summed E-state index contributed by atoms with van der Waals surface area (Å²) in [5, 5.41) is 2.72. The maximum atomic E-state index is 12.6.